The molecular formula is C38H39N2+. The Balaban J connectivity index is 1.62. The smallest absolute Gasteiger partial charge is 0.158 e. The molecule has 40 heavy (non-hydrogen) atoms. The number of nitrogens with zero attached hydrogens (tertiary/aromatic N) is 1. The Bertz CT molecular complexity index is 1540. The Hall–Kier alpha value is -4.14. The van der Waals surface area contributed by atoms with Gasteiger partial charge in [0.1, 0.15) is 17.8 Å². The van der Waals surface area contributed by atoms with Crippen molar-refractivity contribution in [1.82, 2.24) is 0 Å². The van der Waals surface area contributed by atoms with Crippen LogP contribution in [0.5, 0.6) is 0 Å². The van der Waals surface area contributed by atoms with Gasteiger partial charge in [-0.05, 0) is 53.6 Å². The first-order valence-electron chi connectivity index (χ1n) is 14.7. The highest BCUT2D eigenvalue weighted by molar-refractivity contribution is 5.74. The second-order valence-corrected chi connectivity index (χ2v) is 10.9. The van der Waals surface area contributed by atoms with Crippen LogP contribution in [0.4, 0.5) is 11.4 Å². The van der Waals surface area contributed by atoms with Gasteiger partial charge >= 0.3 is 0 Å². The highest BCUT2D eigenvalue weighted by Crippen LogP contribution is 2.43. The predicted molar refractivity (Wildman–Crippen MR) is 168 cm³/mol. The maximum Gasteiger partial charge on any atom is 0.158 e. The molecular weight excluding hydrogens is 484 g/mol. The van der Waals surface area contributed by atoms with E-state index in [1.54, 1.807) is 0 Å². The van der Waals surface area contributed by atoms with Crippen molar-refractivity contribution in [3.05, 3.63) is 155 Å². The van der Waals surface area contributed by atoms with E-state index in [-0.39, 0.29) is 12.1 Å². The number of hydrogen-bond donors (Lipinski definition) is 1. The monoisotopic (exact) mass is 523 g/mol. The topological polar surface area (TPSA) is 7.68 Å². The second-order valence-electron chi connectivity index (χ2n) is 10.9. The Morgan fingerprint density at radius 3 is 1.82 bits per heavy atom. The molecule has 0 saturated carbocycles. The average molecular weight is 524 g/mol. The number of anilines is 1. The van der Waals surface area contributed by atoms with E-state index in [0.717, 1.165) is 19.5 Å². The van der Waals surface area contributed by atoms with Crippen molar-refractivity contribution in [2.24, 2.45) is 0 Å². The van der Waals surface area contributed by atoms with E-state index in [4.69, 9.17) is 0 Å². The zero-order valence-corrected chi connectivity index (χ0v) is 23.8. The minimum Gasteiger partial charge on any atom is -0.311 e. The van der Waals surface area contributed by atoms with Gasteiger partial charge in [0.15, 0.2) is 6.67 Å². The van der Waals surface area contributed by atoms with Gasteiger partial charge in [0, 0.05) is 22.9 Å². The summed E-state index contributed by atoms with van der Waals surface area (Å²) in [7, 11) is 0. The van der Waals surface area contributed by atoms with E-state index in [0.29, 0.717) is 0 Å². The lowest BCUT2D eigenvalue weighted by Gasteiger charge is -2.30. The standard InChI is InChI=1S/C38H38N2/c1-4-29-22-15-23-30(5-2)36(29)40-27-39(35-26-28(3)24-25-34(35)31-16-9-6-10-17-31)37(32-18-11-7-12-19-32)38(40)33-20-13-8-14-21-33/h6-26,37-38H,4-5,27H2,1-3H3/p+1/t37-,38-/m0/s1. The van der Waals surface area contributed by atoms with Gasteiger partial charge in [-0.1, -0.05) is 129 Å². The Labute approximate surface area is 239 Å². The maximum atomic E-state index is 2.73. The molecule has 0 amide bonds. The molecule has 5 aromatic carbocycles. The second kappa shape index (κ2) is 11.5. The molecule has 200 valence electrons. The number of hydrogen-bond acceptors (Lipinski definition) is 1. The van der Waals surface area contributed by atoms with E-state index < -0.39 is 0 Å². The fourth-order valence-corrected chi connectivity index (χ4v) is 6.67. The number of benzene rings is 5. The van der Waals surface area contributed by atoms with E-state index in [2.05, 4.69) is 153 Å². The van der Waals surface area contributed by atoms with Crippen molar-refractivity contribution >= 4 is 11.4 Å². The van der Waals surface area contributed by atoms with E-state index in [1.807, 2.05) is 0 Å². The summed E-state index contributed by atoms with van der Waals surface area (Å²) >= 11 is 0. The summed E-state index contributed by atoms with van der Waals surface area (Å²) in [6.45, 7) is 7.70. The Morgan fingerprint density at radius 1 is 0.650 bits per heavy atom. The van der Waals surface area contributed by atoms with Gasteiger partial charge in [0.05, 0.1) is 0 Å². The SMILES string of the molecule is CCc1cccc(CC)c1N1C[NH+](c2cc(C)ccc2-c2ccccc2)[C@@H](c2ccccc2)[C@@H]1c1ccccc1. The third-order valence-electron chi connectivity index (χ3n) is 8.53. The van der Waals surface area contributed by atoms with Gasteiger partial charge in [-0.15, -0.1) is 0 Å². The average Bonchev–Trinajstić information content (AvgIpc) is 3.42. The minimum atomic E-state index is 0.195. The third kappa shape index (κ3) is 4.85. The van der Waals surface area contributed by atoms with Gasteiger partial charge < -0.3 is 4.90 Å². The van der Waals surface area contributed by atoms with Crippen LogP contribution in [0.2, 0.25) is 0 Å². The van der Waals surface area contributed by atoms with Crippen molar-refractivity contribution in [1.29, 1.82) is 0 Å². The molecule has 6 rings (SSSR count). The summed E-state index contributed by atoms with van der Waals surface area (Å²) < 4.78 is 0. The first kappa shape index (κ1) is 26.1. The fourth-order valence-electron chi connectivity index (χ4n) is 6.67. The molecule has 3 atom stereocenters. The Kier molecular flexibility index (Phi) is 7.53. The zero-order chi connectivity index (χ0) is 27.5. The van der Waals surface area contributed by atoms with Gasteiger partial charge in [-0.3, -0.25) is 4.90 Å². The molecule has 2 heteroatoms. The number of aryl methyl sites for hydroxylation is 3. The van der Waals surface area contributed by atoms with Gasteiger partial charge in [0.2, 0.25) is 0 Å². The van der Waals surface area contributed by atoms with E-state index in [9.17, 15) is 0 Å². The van der Waals surface area contributed by atoms with Crippen LogP contribution in [0.1, 0.15) is 53.7 Å². The van der Waals surface area contributed by atoms with Crippen molar-refractivity contribution in [3.8, 4) is 11.1 Å². The highest BCUT2D eigenvalue weighted by atomic mass is 15.4. The molecule has 0 aromatic heterocycles. The first-order valence-corrected chi connectivity index (χ1v) is 14.7. The van der Waals surface area contributed by atoms with Crippen LogP contribution in [-0.2, 0) is 12.8 Å². The Morgan fingerprint density at radius 2 is 1.23 bits per heavy atom. The minimum absolute atomic E-state index is 0.195. The molecule has 0 aliphatic carbocycles. The van der Waals surface area contributed by atoms with Crippen LogP contribution in [0.15, 0.2) is 127 Å². The van der Waals surface area contributed by atoms with E-state index in [1.165, 1.54) is 55.2 Å². The summed E-state index contributed by atoms with van der Waals surface area (Å²) in [5, 5.41) is 0. The quantitative estimate of drug-likeness (QED) is 0.226. The molecule has 1 aliphatic heterocycles. The van der Waals surface area contributed by atoms with Crippen molar-refractivity contribution < 1.29 is 4.90 Å². The summed E-state index contributed by atoms with van der Waals surface area (Å²) in [5.41, 5.74) is 12.3. The highest BCUT2D eigenvalue weighted by Gasteiger charge is 2.48. The summed E-state index contributed by atoms with van der Waals surface area (Å²) in [4.78, 5) is 4.23. The third-order valence-corrected chi connectivity index (χ3v) is 8.53. The molecule has 5 aromatic rings. The predicted octanol–water partition coefficient (Wildman–Crippen LogP) is 8.26. The van der Waals surface area contributed by atoms with Crippen LogP contribution < -0.4 is 9.80 Å². The number of nitrogens with one attached hydrogen (secondary N) is 1. The van der Waals surface area contributed by atoms with Crippen LogP contribution >= 0.6 is 0 Å². The van der Waals surface area contributed by atoms with Crippen molar-refractivity contribution in [3.63, 3.8) is 0 Å². The van der Waals surface area contributed by atoms with Crippen LogP contribution in [0.25, 0.3) is 11.1 Å². The lowest BCUT2D eigenvalue weighted by Crippen LogP contribution is -3.06. The maximum absolute atomic E-state index is 2.73. The lowest BCUT2D eigenvalue weighted by atomic mass is 9.90. The van der Waals surface area contributed by atoms with Crippen LogP contribution in [-0.4, -0.2) is 6.67 Å². The number of rotatable bonds is 7. The first-order chi connectivity index (χ1) is 19.7. The molecule has 0 spiro atoms. The molecule has 1 saturated heterocycles. The summed E-state index contributed by atoms with van der Waals surface area (Å²) in [6.07, 6.45) is 2.04. The van der Waals surface area contributed by atoms with Crippen LogP contribution in [0.3, 0.4) is 0 Å². The molecule has 1 heterocycles. The van der Waals surface area contributed by atoms with Crippen molar-refractivity contribution in [2.75, 3.05) is 11.6 Å². The molecule has 1 aliphatic rings. The summed E-state index contributed by atoms with van der Waals surface area (Å²) in [5.74, 6) is 0. The molecule has 0 bridgehead atoms. The number of para-hydroxylation sites is 1. The van der Waals surface area contributed by atoms with Crippen molar-refractivity contribution in [2.45, 2.75) is 45.7 Å². The molecule has 1 fully saturated rings. The van der Waals surface area contributed by atoms with Gasteiger partial charge in [-0.2, -0.15) is 0 Å². The van der Waals surface area contributed by atoms with Gasteiger partial charge in [0.25, 0.3) is 0 Å². The van der Waals surface area contributed by atoms with E-state index >= 15 is 0 Å². The fraction of sp³-hybridized carbons (Fsp3) is 0.211. The molecule has 0 radical (unpaired) electrons. The largest absolute Gasteiger partial charge is 0.311 e. The molecule has 1 unspecified atom stereocenters. The van der Waals surface area contributed by atoms with Crippen LogP contribution in [0, 0.1) is 6.92 Å². The molecule has 1 N–H and O–H groups in total. The summed E-state index contributed by atoms with van der Waals surface area (Å²) in [6, 6.07) is 47.6. The molecule has 2 nitrogen and oxygen atoms in total. The normalized spacial score (nSPS) is 18.7. The zero-order valence-electron chi connectivity index (χ0n) is 23.8. The lowest BCUT2D eigenvalue weighted by molar-refractivity contribution is -0.852. The number of quaternary nitrogens is 1. The van der Waals surface area contributed by atoms with Gasteiger partial charge in [-0.25, -0.2) is 0 Å².